The van der Waals surface area contributed by atoms with Gasteiger partial charge in [-0.1, -0.05) is 42.0 Å². The number of aliphatic hydroxyl groups is 1. The third kappa shape index (κ3) is 3.29. The van der Waals surface area contributed by atoms with E-state index in [1.165, 1.54) is 12.1 Å². The fourth-order valence-corrected chi connectivity index (χ4v) is 4.46. The molecule has 33 heavy (non-hydrogen) atoms. The molecule has 0 saturated heterocycles. The van der Waals surface area contributed by atoms with Crippen molar-refractivity contribution in [3.8, 4) is 28.1 Å². The summed E-state index contributed by atoms with van der Waals surface area (Å²) in [6.45, 7) is 2.46. The first kappa shape index (κ1) is 19.7. The molecule has 0 bridgehead atoms. The van der Waals surface area contributed by atoms with E-state index in [4.69, 9.17) is 14.1 Å². The third-order valence-corrected chi connectivity index (χ3v) is 6.09. The molecule has 0 aliphatic carbocycles. The van der Waals surface area contributed by atoms with E-state index in [1.54, 1.807) is 12.1 Å². The summed E-state index contributed by atoms with van der Waals surface area (Å²) in [7, 11) is 0. The lowest BCUT2D eigenvalue weighted by molar-refractivity contribution is 0.193. The van der Waals surface area contributed by atoms with Gasteiger partial charge in [0.25, 0.3) is 0 Å². The average molecular weight is 437 g/mol. The molecule has 0 radical (unpaired) electrons. The number of para-hydroxylation sites is 1. The van der Waals surface area contributed by atoms with Crippen LogP contribution in [0.5, 0.6) is 5.75 Å². The van der Waals surface area contributed by atoms with Crippen molar-refractivity contribution in [1.29, 1.82) is 0 Å². The van der Waals surface area contributed by atoms with Crippen molar-refractivity contribution < 1.29 is 18.7 Å². The molecule has 5 aromatic rings. The molecule has 0 spiro atoms. The molecule has 2 aromatic heterocycles. The molecule has 1 atom stereocenters. The predicted octanol–water partition coefficient (Wildman–Crippen LogP) is 6.58. The van der Waals surface area contributed by atoms with Gasteiger partial charge in [-0.3, -0.25) is 4.98 Å². The van der Waals surface area contributed by atoms with Crippen LogP contribution in [0.4, 0.5) is 4.39 Å². The number of benzene rings is 3. The van der Waals surface area contributed by atoms with E-state index in [1.807, 2.05) is 55.6 Å². The molecule has 1 N–H and O–H groups in total. The van der Waals surface area contributed by atoms with Crippen LogP contribution in [-0.4, -0.2) is 10.1 Å². The first-order valence-electron chi connectivity index (χ1n) is 10.8. The molecule has 1 aliphatic heterocycles. The van der Waals surface area contributed by atoms with Gasteiger partial charge in [0.05, 0.1) is 5.69 Å². The molecule has 3 heterocycles. The number of aliphatic hydroxyl groups excluding tert-OH is 1. The molecule has 0 amide bonds. The lowest BCUT2D eigenvalue weighted by Gasteiger charge is -2.21. The summed E-state index contributed by atoms with van der Waals surface area (Å²) in [4.78, 5) is 4.80. The topological polar surface area (TPSA) is 55.5 Å². The van der Waals surface area contributed by atoms with Crippen molar-refractivity contribution >= 4 is 11.0 Å². The zero-order valence-corrected chi connectivity index (χ0v) is 17.9. The Balaban J connectivity index is 1.52. The van der Waals surface area contributed by atoms with E-state index in [0.29, 0.717) is 23.5 Å². The quantitative estimate of drug-likeness (QED) is 0.346. The molecule has 0 unspecified atom stereocenters. The number of hydrogen-bond acceptors (Lipinski definition) is 4. The molecule has 3 aromatic carbocycles. The number of aromatic nitrogens is 1. The van der Waals surface area contributed by atoms with Crippen molar-refractivity contribution in [1.82, 2.24) is 4.98 Å². The van der Waals surface area contributed by atoms with Crippen LogP contribution in [0, 0.1) is 12.7 Å². The fourth-order valence-electron chi connectivity index (χ4n) is 4.46. The fraction of sp³-hybridized carbons (Fsp3) is 0.107. The van der Waals surface area contributed by atoms with Gasteiger partial charge in [0.15, 0.2) is 0 Å². The van der Waals surface area contributed by atoms with Crippen molar-refractivity contribution in [2.45, 2.75) is 19.6 Å². The standard InChI is InChI=1S/C28H20FNO3/c1-16-6-11-23-22(12-16)26-19(15-32-23)13-18(14-30-26)25-21-4-2-3-5-24(21)33-28(25)27(31)17-7-9-20(29)10-8-17/h2-14,27,31H,15H2,1H3/t27-/m1/s1. The smallest absolute Gasteiger partial charge is 0.146 e. The predicted molar refractivity (Wildman–Crippen MR) is 124 cm³/mol. The second-order valence-electron chi connectivity index (χ2n) is 8.31. The van der Waals surface area contributed by atoms with Gasteiger partial charge in [0, 0.05) is 33.8 Å². The second kappa shape index (κ2) is 7.57. The first-order chi connectivity index (χ1) is 16.1. The largest absolute Gasteiger partial charge is 0.488 e. The second-order valence-corrected chi connectivity index (χ2v) is 8.31. The number of nitrogens with zero attached hydrogens (tertiary/aromatic N) is 1. The van der Waals surface area contributed by atoms with Crippen LogP contribution in [0.25, 0.3) is 33.4 Å². The maximum Gasteiger partial charge on any atom is 0.146 e. The summed E-state index contributed by atoms with van der Waals surface area (Å²) in [6, 6.07) is 21.6. The highest BCUT2D eigenvalue weighted by molar-refractivity contribution is 5.96. The Kier molecular flexibility index (Phi) is 4.52. The van der Waals surface area contributed by atoms with Gasteiger partial charge in [-0.15, -0.1) is 0 Å². The number of hydrogen-bond donors (Lipinski definition) is 1. The Morgan fingerprint density at radius 1 is 1.00 bits per heavy atom. The zero-order chi connectivity index (χ0) is 22.5. The third-order valence-electron chi connectivity index (χ3n) is 6.09. The van der Waals surface area contributed by atoms with Crippen LogP contribution in [0.15, 0.2) is 83.4 Å². The molecule has 0 saturated carbocycles. The Bertz CT molecular complexity index is 1500. The normalized spacial score (nSPS) is 13.3. The molecule has 1 aliphatic rings. The number of halogens is 1. The van der Waals surface area contributed by atoms with Gasteiger partial charge in [-0.05, 0) is 48.9 Å². The Hall–Kier alpha value is -3.96. The number of pyridine rings is 1. The summed E-state index contributed by atoms with van der Waals surface area (Å²) < 4.78 is 25.5. The van der Waals surface area contributed by atoms with Crippen LogP contribution >= 0.6 is 0 Å². The van der Waals surface area contributed by atoms with Crippen LogP contribution in [0.3, 0.4) is 0 Å². The monoisotopic (exact) mass is 437 g/mol. The summed E-state index contributed by atoms with van der Waals surface area (Å²) in [5.74, 6) is 0.872. The van der Waals surface area contributed by atoms with Crippen LogP contribution in [-0.2, 0) is 6.61 Å². The molecule has 0 fully saturated rings. The minimum Gasteiger partial charge on any atom is -0.488 e. The maximum absolute atomic E-state index is 13.4. The molecule has 4 nitrogen and oxygen atoms in total. The van der Waals surface area contributed by atoms with Crippen molar-refractivity contribution in [2.75, 3.05) is 0 Å². The highest BCUT2D eigenvalue weighted by Gasteiger charge is 2.26. The van der Waals surface area contributed by atoms with E-state index in [9.17, 15) is 9.50 Å². The van der Waals surface area contributed by atoms with Crippen molar-refractivity contribution in [3.05, 3.63) is 107 Å². The van der Waals surface area contributed by atoms with Crippen LogP contribution < -0.4 is 4.74 Å². The van der Waals surface area contributed by atoms with Gasteiger partial charge in [0.2, 0.25) is 0 Å². The molecule has 5 heteroatoms. The van der Waals surface area contributed by atoms with Gasteiger partial charge >= 0.3 is 0 Å². The number of furan rings is 1. The maximum atomic E-state index is 13.4. The summed E-state index contributed by atoms with van der Waals surface area (Å²) in [5.41, 5.74) is 6.81. The van der Waals surface area contributed by atoms with E-state index < -0.39 is 6.10 Å². The SMILES string of the molecule is Cc1ccc2c(c1)-c1ncc(-c3c([C@H](O)c4ccc(F)cc4)oc4ccccc34)cc1CO2. The van der Waals surface area contributed by atoms with E-state index in [-0.39, 0.29) is 5.82 Å². The number of rotatable bonds is 3. The van der Waals surface area contributed by atoms with Gasteiger partial charge in [0.1, 0.15) is 35.6 Å². The Morgan fingerprint density at radius 2 is 1.82 bits per heavy atom. The van der Waals surface area contributed by atoms with Gasteiger partial charge in [-0.2, -0.15) is 0 Å². The number of aryl methyl sites for hydroxylation is 1. The minimum absolute atomic E-state index is 0.356. The first-order valence-corrected chi connectivity index (χ1v) is 10.8. The summed E-state index contributed by atoms with van der Waals surface area (Å²) >= 11 is 0. The highest BCUT2D eigenvalue weighted by Crippen LogP contribution is 2.43. The zero-order valence-electron chi connectivity index (χ0n) is 17.9. The van der Waals surface area contributed by atoms with Crippen LogP contribution in [0.2, 0.25) is 0 Å². The molecule has 162 valence electrons. The van der Waals surface area contributed by atoms with Gasteiger partial charge < -0.3 is 14.3 Å². The van der Waals surface area contributed by atoms with Crippen molar-refractivity contribution in [2.24, 2.45) is 0 Å². The Labute approximate surface area is 189 Å². The van der Waals surface area contributed by atoms with Gasteiger partial charge in [-0.25, -0.2) is 4.39 Å². The molecule has 6 rings (SSSR count). The van der Waals surface area contributed by atoms with Crippen molar-refractivity contribution in [3.63, 3.8) is 0 Å². The number of fused-ring (bicyclic) bond motifs is 4. The average Bonchev–Trinajstić information content (AvgIpc) is 3.23. The molecular formula is C28H20FNO3. The lowest BCUT2D eigenvalue weighted by atomic mass is 9.94. The molecular weight excluding hydrogens is 417 g/mol. The Morgan fingerprint density at radius 3 is 2.67 bits per heavy atom. The van der Waals surface area contributed by atoms with E-state index in [0.717, 1.165) is 44.6 Å². The summed E-state index contributed by atoms with van der Waals surface area (Å²) in [6.07, 6.45) is 0.762. The number of ether oxygens (including phenoxy) is 1. The van der Waals surface area contributed by atoms with E-state index in [2.05, 4.69) is 6.07 Å². The highest BCUT2D eigenvalue weighted by atomic mass is 19.1. The minimum atomic E-state index is -1.05. The van der Waals surface area contributed by atoms with Crippen LogP contribution in [0.1, 0.15) is 28.6 Å². The van der Waals surface area contributed by atoms with E-state index >= 15 is 0 Å². The summed E-state index contributed by atoms with van der Waals surface area (Å²) in [5, 5.41) is 12.0. The lowest BCUT2D eigenvalue weighted by Crippen LogP contribution is -2.08.